The topological polar surface area (TPSA) is 131 Å². The Morgan fingerprint density at radius 1 is 1.22 bits per heavy atom. The molecule has 3 aromatic rings. The van der Waals surface area contributed by atoms with Crippen LogP contribution < -0.4 is 10.1 Å². The zero-order valence-electron chi connectivity index (χ0n) is 21.3. The van der Waals surface area contributed by atoms with E-state index in [1.165, 1.54) is 13.2 Å². The van der Waals surface area contributed by atoms with Crippen LogP contribution in [-0.2, 0) is 29.5 Å². The van der Waals surface area contributed by atoms with Crippen LogP contribution in [0.1, 0.15) is 37.6 Å². The van der Waals surface area contributed by atoms with Gasteiger partial charge in [-0.2, -0.15) is 5.10 Å². The number of anilines is 1. The first-order valence-electron chi connectivity index (χ1n) is 11.4. The number of amides is 1. The summed E-state index contributed by atoms with van der Waals surface area (Å²) in [6.07, 6.45) is 1.60. The zero-order valence-corrected chi connectivity index (χ0v) is 21.3. The molecule has 0 aliphatic heterocycles. The number of pyridine rings is 1. The first-order chi connectivity index (χ1) is 17.0. The second-order valence-corrected chi connectivity index (χ2v) is 9.22. The molecule has 11 nitrogen and oxygen atoms in total. The number of benzene rings is 1. The van der Waals surface area contributed by atoms with E-state index in [1.54, 1.807) is 50.8 Å². The smallest absolute Gasteiger partial charge is 0.413 e. The van der Waals surface area contributed by atoms with Gasteiger partial charge in [0.1, 0.15) is 11.4 Å². The van der Waals surface area contributed by atoms with Gasteiger partial charge in [-0.3, -0.25) is 20.1 Å². The fraction of sp³-hybridized carbons (Fsp3) is 0.400. The predicted molar refractivity (Wildman–Crippen MR) is 134 cm³/mol. The molecule has 192 valence electrons. The van der Waals surface area contributed by atoms with Crippen molar-refractivity contribution in [2.75, 3.05) is 19.0 Å². The molecule has 3 rings (SSSR count). The third-order valence-corrected chi connectivity index (χ3v) is 5.12. The van der Waals surface area contributed by atoms with Crippen molar-refractivity contribution in [3.05, 3.63) is 63.5 Å². The lowest BCUT2D eigenvalue weighted by molar-refractivity contribution is -0.385. The molecule has 0 fully saturated rings. The maximum atomic E-state index is 12.0. The van der Waals surface area contributed by atoms with Crippen LogP contribution in [-0.4, -0.2) is 45.1 Å². The fourth-order valence-corrected chi connectivity index (χ4v) is 3.47. The van der Waals surface area contributed by atoms with E-state index in [-0.39, 0.29) is 18.0 Å². The van der Waals surface area contributed by atoms with E-state index < -0.39 is 16.6 Å². The van der Waals surface area contributed by atoms with Gasteiger partial charge >= 0.3 is 11.8 Å². The summed E-state index contributed by atoms with van der Waals surface area (Å²) in [6.45, 7) is 7.76. The number of nitro benzene ring substituents is 1. The van der Waals surface area contributed by atoms with Gasteiger partial charge in [0.25, 0.3) is 0 Å². The number of hydrogen-bond donors (Lipinski definition) is 1. The van der Waals surface area contributed by atoms with Gasteiger partial charge in [-0.15, -0.1) is 0 Å². The van der Waals surface area contributed by atoms with Gasteiger partial charge in [-0.1, -0.05) is 6.07 Å². The van der Waals surface area contributed by atoms with Gasteiger partial charge in [0.15, 0.2) is 0 Å². The summed E-state index contributed by atoms with van der Waals surface area (Å²) in [6, 6.07) is 8.62. The van der Waals surface area contributed by atoms with Crippen LogP contribution in [0.25, 0.3) is 11.3 Å². The summed E-state index contributed by atoms with van der Waals surface area (Å²) in [7, 11) is 3.18. The lowest BCUT2D eigenvalue weighted by Crippen LogP contribution is -2.27. The van der Waals surface area contributed by atoms with E-state index >= 15 is 0 Å². The number of carbonyl (C=O) groups is 1. The molecule has 0 spiro atoms. The van der Waals surface area contributed by atoms with Crippen LogP contribution in [0.5, 0.6) is 5.75 Å². The Labute approximate surface area is 209 Å². The summed E-state index contributed by atoms with van der Waals surface area (Å²) in [5, 5.41) is 18.7. The maximum absolute atomic E-state index is 12.0. The highest BCUT2D eigenvalue weighted by atomic mass is 16.6. The molecular weight excluding hydrogens is 466 g/mol. The standard InChI is InChI=1S/C25H31N5O6/c1-16-7-8-22(27-24(31)36-25(2,3)4)26-20(16)15-35-12-10-17-13-18(19-9-11-29(5)28-19)23(34-6)21(14-17)30(32)33/h7-9,11,13-14H,10,12,15H2,1-6H3,(H,26,27,31). The lowest BCUT2D eigenvalue weighted by atomic mass is 10.0. The average Bonchev–Trinajstić information content (AvgIpc) is 3.22. The molecule has 0 radical (unpaired) electrons. The molecule has 0 saturated carbocycles. The summed E-state index contributed by atoms with van der Waals surface area (Å²) < 4.78 is 18.1. The fourth-order valence-electron chi connectivity index (χ4n) is 3.47. The molecule has 1 aromatic carbocycles. The minimum absolute atomic E-state index is 0.130. The first kappa shape index (κ1) is 26.6. The highest BCUT2D eigenvalue weighted by molar-refractivity contribution is 5.83. The molecule has 0 aliphatic rings. The summed E-state index contributed by atoms with van der Waals surface area (Å²) in [5.74, 6) is 0.525. The van der Waals surface area contributed by atoms with Crippen LogP contribution in [0.4, 0.5) is 16.3 Å². The van der Waals surface area contributed by atoms with E-state index in [0.717, 1.165) is 5.56 Å². The molecule has 0 atom stereocenters. The summed E-state index contributed by atoms with van der Waals surface area (Å²) >= 11 is 0. The highest BCUT2D eigenvalue weighted by Crippen LogP contribution is 2.38. The van der Waals surface area contributed by atoms with Crippen LogP contribution in [0, 0.1) is 17.0 Å². The number of ether oxygens (including phenoxy) is 3. The number of nitrogens with zero attached hydrogens (tertiary/aromatic N) is 4. The Bertz CT molecular complexity index is 1250. The van der Waals surface area contributed by atoms with Crippen molar-refractivity contribution in [3.8, 4) is 17.0 Å². The number of aryl methyl sites for hydroxylation is 2. The van der Waals surface area contributed by atoms with Gasteiger partial charge in [0.2, 0.25) is 5.75 Å². The Morgan fingerprint density at radius 2 is 1.97 bits per heavy atom. The van der Waals surface area contributed by atoms with Gasteiger partial charge in [-0.25, -0.2) is 9.78 Å². The number of methoxy groups -OCH3 is 1. The van der Waals surface area contributed by atoms with Gasteiger partial charge < -0.3 is 14.2 Å². The van der Waals surface area contributed by atoms with E-state index in [1.807, 2.05) is 19.1 Å². The molecule has 2 aromatic heterocycles. The molecule has 36 heavy (non-hydrogen) atoms. The molecule has 0 bridgehead atoms. The number of hydrogen-bond acceptors (Lipinski definition) is 8. The highest BCUT2D eigenvalue weighted by Gasteiger charge is 2.23. The van der Waals surface area contributed by atoms with Crippen LogP contribution in [0.15, 0.2) is 36.5 Å². The molecule has 11 heteroatoms. The van der Waals surface area contributed by atoms with Crippen molar-refractivity contribution < 1.29 is 23.9 Å². The molecular formula is C25H31N5O6. The SMILES string of the molecule is COc1c(-c2ccn(C)n2)cc(CCOCc2nc(NC(=O)OC(C)(C)C)ccc2C)cc1[N+](=O)[O-]. The van der Waals surface area contributed by atoms with Crippen molar-refractivity contribution in [1.82, 2.24) is 14.8 Å². The lowest BCUT2D eigenvalue weighted by Gasteiger charge is -2.19. The van der Waals surface area contributed by atoms with Crippen molar-refractivity contribution in [2.45, 2.75) is 46.3 Å². The normalized spacial score (nSPS) is 11.3. The quantitative estimate of drug-likeness (QED) is 0.253. The third kappa shape index (κ3) is 7.01. The van der Waals surface area contributed by atoms with Crippen molar-refractivity contribution in [2.24, 2.45) is 7.05 Å². The summed E-state index contributed by atoms with van der Waals surface area (Å²) in [5.41, 5.74) is 2.66. The Balaban J connectivity index is 1.69. The van der Waals surface area contributed by atoms with E-state index in [4.69, 9.17) is 14.2 Å². The first-order valence-corrected chi connectivity index (χ1v) is 11.4. The van der Waals surface area contributed by atoms with Gasteiger partial charge in [0, 0.05) is 19.3 Å². The van der Waals surface area contributed by atoms with Crippen LogP contribution in [0.3, 0.4) is 0 Å². The largest absolute Gasteiger partial charge is 0.490 e. The minimum Gasteiger partial charge on any atom is -0.490 e. The number of rotatable bonds is 9. The number of aromatic nitrogens is 3. The second kappa shape index (κ2) is 11.2. The van der Waals surface area contributed by atoms with Crippen LogP contribution in [0.2, 0.25) is 0 Å². The monoisotopic (exact) mass is 497 g/mol. The molecule has 0 unspecified atom stereocenters. The Hall–Kier alpha value is -3.99. The van der Waals surface area contributed by atoms with E-state index in [9.17, 15) is 14.9 Å². The maximum Gasteiger partial charge on any atom is 0.413 e. The van der Waals surface area contributed by atoms with E-state index in [0.29, 0.717) is 41.4 Å². The zero-order chi connectivity index (χ0) is 26.5. The molecule has 1 N–H and O–H groups in total. The Morgan fingerprint density at radius 3 is 2.58 bits per heavy atom. The average molecular weight is 498 g/mol. The summed E-state index contributed by atoms with van der Waals surface area (Å²) in [4.78, 5) is 27.7. The number of nitro groups is 1. The Kier molecular flexibility index (Phi) is 8.25. The van der Waals surface area contributed by atoms with Crippen molar-refractivity contribution >= 4 is 17.6 Å². The predicted octanol–water partition coefficient (Wildman–Crippen LogP) is 4.81. The number of nitrogens with one attached hydrogen (secondary N) is 1. The molecule has 1 amide bonds. The van der Waals surface area contributed by atoms with Gasteiger partial charge in [0.05, 0.1) is 42.2 Å². The minimum atomic E-state index is -0.617. The molecule has 0 saturated heterocycles. The van der Waals surface area contributed by atoms with Crippen LogP contribution >= 0.6 is 0 Å². The number of carbonyl (C=O) groups excluding carboxylic acids is 1. The van der Waals surface area contributed by atoms with Crippen molar-refractivity contribution in [1.29, 1.82) is 0 Å². The van der Waals surface area contributed by atoms with Crippen molar-refractivity contribution in [3.63, 3.8) is 0 Å². The van der Waals surface area contributed by atoms with Gasteiger partial charge in [-0.05, 0) is 63.4 Å². The third-order valence-electron chi connectivity index (χ3n) is 5.12. The second-order valence-electron chi connectivity index (χ2n) is 9.22. The van der Waals surface area contributed by atoms with E-state index in [2.05, 4.69) is 15.4 Å². The molecule has 2 heterocycles. The molecule has 0 aliphatic carbocycles.